The molecule has 1 amide bonds. The lowest BCUT2D eigenvalue weighted by Crippen LogP contribution is -2.63. The summed E-state index contributed by atoms with van der Waals surface area (Å²) in [6, 6.07) is 3.75. The summed E-state index contributed by atoms with van der Waals surface area (Å²) < 4.78 is 97.1. The lowest BCUT2D eigenvalue weighted by Gasteiger charge is -2.47. The Morgan fingerprint density at radius 1 is 1.20 bits per heavy atom. The molecule has 2 N–H and O–H groups in total. The molecular formula is C33H29F6N7O2S. The number of thiophene rings is 1. The average molecular weight is 702 g/mol. The predicted octanol–water partition coefficient (Wildman–Crippen LogP) is 6.03. The van der Waals surface area contributed by atoms with Gasteiger partial charge in [-0.3, -0.25) is 9.69 Å². The van der Waals surface area contributed by atoms with Gasteiger partial charge in [0, 0.05) is 49.3 Å². The number of nitrogens with zero attached hydrogens (tertiary/aromatic N) is 6. The van der Waals surface area contributed by atoms with Crippen molar-refractivity contribution in [3.63, 3.8) is 0 Å². The Labute approximate surface area is 279 Å². The van der Waals surface area contributed by atoms with E-state index in [-0.39, 0.29) is 87.5 Å². The van der Waals surface area contributed by atoms with Gasteiger partial charge in [-0.1, -0.05) is 6.07 Å². The molecule has 16 heteroatoms. The van der Waals surface area contributed by atoms with E-state index in [4.69, 9.17) is 10.5 Å². The second-order valence-corrected chi connectivity index (χ2v) is 14.3. The molecule has 2 aromatic heterocycles. The van der Waals surface area contributed by atoms with E-state index in [0.29, 0.717) is 37.3 Å². The molecule has 6 heterocycles. The number of fused-ring (bicyclic) bond motifs is 4. The van der Waals surface area contributed by atoms with Crippen molar-refractivity contribution in [2.45, 2.75) is 62.6 Å². The number of hydrogen-bond donors (Lipinski definition) is 1. The lowest BCUT2D eigenvalue weighted by molar-refractivity contribution is -0.137. The highest BCUT2D eigenvalue weighted by atomic mass is 32.1. The molecule has 4 saturated heterocycles. The minimum Gasteiger partial charge on any atom is -0.461 e. The molecule has 0 bridgehead atoms. The quantitative estimate of drug-likeness (QED) is 0.252. The van der Waals surface area contributed by atoms with Crippen LogP contribution >= 0.6 is 11.3 Å². The number of rotatable bonds is 5. The summed E-state index contributed by atoms with van der Waals surface area (Å²) in [6.07, 6.45) is -3.87. The van der Waals surface area contributed by atoms with Gasteiger partial charge in [0.25, 0.3) is 0 Å². The molecule has 0 aliphatic carbocycles. The predicted molar refractivity (Wildman–Crippen MR) is 170 cm³/mol. The molecular weight excluding hydrogens is 672 g/mol. The average Bonchev–Trinajstić information content (AvgIpc) is 3.76. The number of halogens is 6. The zero-order valence-electron chi connectivity index (χ0n) is 26.1. The van der Waals surface area contributed by atoms with Gasteiger partial charge in [-0.15, -0.1) is 11.3 Å². The van der Waals surface area contributed by atoms with Crippen molar-refractivity contribution in [2.24, 2.45) is 0 Å². The van der Waals surface area contributed by atoms with Gasteiger partial charge in [0.2, 0.25) is 5.91 Å². The third kappa shape index (κ3) is 4.79. The number of anilines is 2. The number of aromatic nitrogens is 2. The maximum atomic E-state index is 17.0. The fourth-order valence-corrected chi connectivity index (χ4v) is 9.32. The number of benzene rings is 2. The van der Waals surface area contributed by atoms with Gasteiger partial charge in [-0.25, -0.2) is 13.2 Å². The van der Waals surface area contributed by atoms with E-state index in [0.717, 1.165) is 24.6 Å². The first-order valence-corrected chi connectivity index (χ1v) is 16.7. The second-order valence-electron chi connectivity index (χ2n) is 13.2. The molecule has 0 radical (unpaired) electrons. The van der Waals surface area contributed by atoms with Crippen molar-refractivity contribution in [2.75, 3.05) is 43.4 Å². The van der Waals surface area contributed by atoms with Crippen LogP contribution in [0.15, 0.2) is 18.2 Å². The molecule has 4 fully saturated rings. The van der Waals surface area contributed by atoms with E-state index >= 15 is 4.39 Å². The first-order valence-electron chi connectivity index (χ1n) is 15.9. The summed E-state index contributed by atoms with van der Waals surface area (Å²) in [5.74, 6) is -2.30. The standard InChI is InChI=1S/C33H29F6N7O2S/c1-15(47)45-8-5-22-23(45)13-46(22)30-18-9-20(33(37,38)39)25(17-3-4-21(35)28-24(17)19(11-40)29(41)49-28)26(36)27(18)42-31(43-30)48-14-32-6-2-7-44(32)12-16(34)10-32/h3-4,9,16,22-23H,2,5-8,10,12-14,41H2,1H3. The summed E-state index contributed by atoms with van der Waals surface area (Å²) in [5.41, 5.74) is 1.95. The highest BCUT2D eigenvalue weighted by molar-refractivity contribution is 7.23. The van der Waals surface area contributed by atoms with Gasteiger partial charge in [-0.05, 0) is 43.5 Å². The smallest absolute Gasteiger partial charge is 0.417 e. The zero-order chi connectivity index (χ0) is 34.6. The molecule has 49 heavy (non-hydrogen) atoms. The minimum absolute atomic E-state index is 0.00403. The van der Waals surface area contributed by atoms with Gasteiger partial charge in [0.15, 0.2) is 5.82 Å². The number of nitrogens with two attached hydrogens (primary N) is 1. The first-order chi connectivity index (χ1) is 23.3. The minimum atomic E-state index is -5.10. The van der Waals surface area contributed by atoms with Crippen molar-refractivity contribution >= 4 is 49.1 Å². The van der Waals surface area contributed by atoms with Crippen LogP contribution in [0.3, 0.4) is 0 Å². The topological polar surface area (TPSA) is 112 Å². The third-order valence-corrected chi connectivity index (χ3v) is 11.6. The van der Waals surface area contributed by atoms with Crippen molar-refractivity contribution in [1.82, 2.24) is 19.8 Å². The van der Waals surface area contributed by atoms with Gasteiger partial charge in [0.1, 0.15) is 41.0 Å². The lowest BCUT2D eigenvalue weighted by atomic mass is 9.91. The summed E-state index contributed by atoms with van der Waals surface area (Å²) in [5, 5.41) is 9.23. The second kappa shape index (κ2) is 11.1. The monoisotopic (exact) mass is 701 g/mol. The molecule has 256 valence electrons. The van der Waals surface area contributed by atoms with Gasteiger partial charge in [-0.2, -0.15) is 28.4 Å². The van der Waals surface area contributed by atoms with Crippen molar-refractivity contribution < 1.29 is 35.9 Å². The number of nitriles is 1. The molecule has 0 saturated carbocycles. The fourth-order valence-electron chi connectivity index (χ4n) is 8.37. The number of likely N-dealkylation sites (tertiary alicyclic amines) is 1. The van der Waals surface area contributed by atoms with E-state index in [1.54, 1.807) is 9.80 Å². The van der Waals surface area contributed by atoms with E-state index in [9.17, 15) is 32.0 Å². The number of carbonyl (C=O) groups is 1. The highest BCUT2D eigenvalue weighted by Crippen LogP contribution is 2.49. The Morgan fingerprint density at radius 2 is 2.00 bits per heavy atom. The number of ether oxygens (including phenoxy) is 1. The van der Waals surface area contributed by atoms with Crippen LogP contribution in [0.4, 0.5) is 37.2 Å². The molecule has 9 nitrogen and oxygen atoms in total. The molecule has 4 aliphatic heterocycles. The molecule has 4 atom stereocenters. The Kier molecular flexibility index (Phi) is 7.21. The summed E-state index contributed by atoms with van der Waals surface area (Å²) in [4.78, 5) is 26.5. The first kappa shape index (κ1) is 31.9. The van der Waals surface area contributed by atoms with Crippen LogP contribution in [0.5, 0.6) is 6.01 Å². The normalized spacial score (nSPS) is 25.1. The molecule has 0 spiro atoms. The Morgan fingerprint density at radius 3 is 2.73 bits per heavy atom. The van der Waals surface area contributed by atoms with E-state index < -0.39 is 46.2 Å². The number of carbonyl (C=O) groups excluding carboxylic acids is 1. The summed E-state index contributed by atoms with van der Waals surface area (Å²) >= 11 is 0.683. The molecule has 8 rings (SSSR count). The largest absolute Gasteiger partial charge is 0.461 e. The summed E-state index contributed by atoms with van der Waals surface area (Å²) in [6.45, 7) is 3.10. The number of nitrogen functional groups attached to an aromatic ring is 1. The van der Waals surface area contributed by atoms with Crippen LogP contribution in [0, 0.1) is 23.0 Å². The molecule has 2 aromatic carbocycles. The van der Waals surface area contributed by atoms with Crippen LogP contribution in [-0.4, -0.2) is 82.3 Å². The third-order valence-electron chi connectivity index (χ3n) is 10.6. The Bertz CT molecular complexity index is 2100. The molecule has 4 aromatic rings. The Balaban J connectivity index is 1.33. The van der Waals surface area contributed by atoms with Gasteiger partial charge >= 0.3 is 12.2 Å². The van der Waals surface area contributed by atoms with Crippen molar-refractivity contribution in [3.05, 3.63) is 41.0 Å². The molecule has 4 aliphatic rings. The van der Waals surface area contributed by atoms with Crippen molar-refractivity contribution in [3.8, 4) is 23.2 Å². The highest BCUT2D eigenvalue weighted by Gasteiger charge is 2.51. The van der Waals surface area contributed by atoms with E-state index in [2.05, 4.69) is 9.97 Å². The van der Waals surface area contributed by atoms with Crippen LogP contribution in [0.2, 0.25) is 0 Å². The maximum absolute atomic E-state index is 17.0. The number of amides is 1. The van der Waals surface area contributed by atoms with E-state index in [1.165, 1.54) is 6.92 Å². The van der Waals surface area contributed by atoms with Crippen LogP contribution in [0.1, 0.15) is 43.7 Å². The maximum Gasteiger partial charge on any atom is 0.417 e. The molecule has 4 unspecified atom stereocenters. The van der Waals surface area contributed by atoms with Gasteiger partial charge in [0.05, 0.1) is 33.4 Å². The van der Waals surface area contributed by atoms with Crippen LogP contribution in [0.25, 0.3) is 32.1 Å². The Hall–Kier alpha value is -4.36. The van der Waals surface area contributed by atoms with Crippen LogP contribution in [-0.2, 0) is 11.0 Å². The summed E-state index contributed by atoms with van der Waals surface area (Å²) in [7, 11) is 0. The zero-order valence-corrected chi connectivity index (χ0v) is 26.9. The number of alkyl halides is 4. The van der Waals surface area contributed by atoms with Crippen molar-refractivity contribution in [1.29, 1.82) is 5.26 Å². The fraction of sp³-hybridized carbons (Fsp3) is 0.455. The SMILES string of the molecule is CC(=O)N1CCC2C1CN2c1nc(OCC23CCCN2CC(F)C3)nc2c(F)c(-c3ccc(F)c4sc(N)c(C#N)c34)c(C(F)(F)F)cc12. The van der Waals surface area contributed by atoms with Gasteiger partial charge < -0.3 is 20.3 Å². The van der Waals surface area contributed by atoms with Crippen LogP contribution < -0.4 is 15.4 Å². The number of hydrogen-bond acceptors (Lipinski definition) is 9. The van der Waals surface area contributed by atoms with E-state index in [1.807, 2.05) is 11.0 Å².